The lowest BCUT2D eigenvalue weighted by molar-refractivity contribution is 0.0752. The van der Waals surface area contributed by atoms with Gasteiger partial charge in [0.15, 0.2) is 0 Å². The molecule has 2 heterocycles. The minimum Gasteiger partial charge on any atom is -0.361 e. The standard InChI is InChI=1S/C26H40BrN3O3Si2/c1-34(2,3)16-14-32-19-29-23-18-28-30(20-33-15-17-35(4,5)6)26(31)24(23)22(25(29)27)13-12-21-10-8-7-9-11-21/h7-11,18H,12-17,19-20H2,1-6H3. The van der Waals surface area contributed by atoms with Crippen LogP contribution in [-0.4, -0.2) is 43.7 Å². The molecule has 0 bridgehead atoms. The van der Waals surface area contributed by atoms with Crippen LogP contribution in [0.4, 0.5) is 0 Å². The number of rotatable bonds is 13. The lowest BCUT2D eigenvalue weighted by Gasteiger charge is -2.16. The summed E-state index contributed by atoms with van der Waals surface area (Å²) in [6, 6.07) is 12.5. The summed E-state index contributed by atoms with van der Waals surface area (Å²) in [4.78, 5) is 13.5. The Kier molecular flexibility index (Phi) is 9.73. The van der Waals surface area contributed by atoms with Gasteiger partial charge in [0.1, 0.15) is 13.5 Å². The lowest BCUT2D eigenvalue weighted by Crippen LogP contribution is -2.26. The Hall–Kier alpha value is -1.53. The molecular formula is C26H40BrN3O3Si2. The van der Waals surface area contributed by atoms with E-state index in [4.69, 9.17) is 9.47 Å². The van der Waals surface area contributed by atoms with Crippen LogP contribution in [0, 0.1) is 0 Å². The summed E-state index contributed by atoms with van der Waals surface area (Å²) in [5.41, 5.74) is 2.94. The van der Waals surface area contributed by atoms with Gasteiger partial charge in [-0.15, -0.1) is 0 Å². The number of aromatic nitrogens is 3. The summed E-state index contributed by atoms with van der Waals surface area (Å²) in [7, 11) is -2.37. The van der Waals surface area contributed by atoms with Gasteiger partial charge in [-0.25, -0.2) is 4.68 Å². The summed E-state index contributed by atoms with van der Waals surface area (Å²) >= 11 is 3.79. The molecule has 0 amide bonds. The van der Waals surface area contributed by atoms with Crippen molar-refractivity contribution >= 4 is 43.0 Å². The Labute approximate surface area is 219 Å². The molecule has 35 heavy (non-hydrogen) atoms. The first-order valence-electron chi connectivity index (χ1n) is 12.4. The molecule has 0 atom stereocenters. The van der Waals surface area contributed by atoms with Crippen molar-refractivity contribution in [3.05, 3.63) is 62.6 Å². The summed E-state index contributed by atoms with van der Waals surface area (Å²) in [5.74, 6) is 0. The third-order valence-corrected chi connectivity index (χ3v) is 10.4. The first kappa shape index (κ1) is 28.1. The molecule has 0 aliphatic carbocycles. The molecule has 0 fully saturated rings. The average molecular weight is 579 g/mol. The first-order chi connectivity index (χ1) is 16.5. The van der Waals surface area contributed by atoms with Crippen LogP contribution in [0.2, 0.25) is 51.4 Å². The summed E-state index contributed by atoms with van der Waals surface area (Å²) in [5, 5.41) is 5.14. The molecule has 192 valence electrons. The largest absolute Gasteiger partial charge is 0.361 e. The molecule has 6 nitrogen and oxygen atoms in total. The van der Waals surface area contributed by atoms with Gasteiger partial charge < -0.3 is 14.0 Å². The molecule has 2 aromatic heterocycles. The van der Waals surface area contributed by atoms with E-state index in [1.165, 1.54) is 10.2 Å². The van der Waals surface area contributed by atoms with E-state index in [0.29, 0.717) is 18.7 Å². The molecule has 0 N–H and O–H groups in total. The molecule has 0 radical (unpaired) electrons. The zero-order valence-corrected chi connectivity index (χ0v) is 25.7. The maximum Gasteiger partial charge on any atom is 0.278 e. The molecule has 0 spiro atoms. The van der Waals surface area contributed by atoms with Gasteiger partial charge in [-0.2, -0.15) is 5.10 Å². The monoisotopic (exact) mass is 577 g/mol. The smallest absolute Gasteiger partial charge is 0.278 e. The van der Waals surface area contributed by atoms with Gasteiger partial charge >= 0.3 is 0 Å². The van der Waals surface area contributed by atoms with E-state index in [0.717, 1.165) is 47.2 Å². The van der Waals surface area contributed by atoms with Crippen LogP contribution in [0.5, 0.6) is 0 Å². The van der Waals surface area contributed by atoms with Crippen molar-refractivity contribution in [3.8, 4) is 0 Å². The highest BCUT2D eigenvalue weighted by molar-refractivity contribution is 9.10. The Morgan fingerprint density at radius 2 is 1.49 bits per heavy atom. The second-order valence-corrected chi connectivity index (χ2v) is 23.6. The number of fused-ring (bicyclic) bond motifs is 1. The maximum absolute atomic E-state index is 13.5. The molecule has 3 aromatic rings. The molecule has 3 rings (SSSR count). The average Bonchev–Trinajstić information content (AvgIpc) is 3.05. The molecule has 9 heteroatoms. The Balaban J connectivity index is 1.87. The van der Waals surface area contributed by atoms with Gasteiger partial charge in [0, 0.05) is 29.4 Å². The fourth-order valence-electron chi connectivity index (χ4n) is 3.76. The van der Waals surface area contributed by atoms with Crippen LogP contribution in [-0.2, 0) is 35.8 Å². The van der Waals surface area contributed by atoms with Crippen LogP contribution in [0.25, 0.3) is 10.9 Å². The van der Waals surface area contributed by atoms with E-state index in [-0.39, 0.29) is 12.3 Å². The molecule has 0 saturated heterocycles. The van der Waals surface area contributed by atoms with Crippen LogP contribution in [0.15, 0.2) is 45.9 Å². The summed E-state index contributed by atoms with van der Waals surface area (Å²) in [6.07, 6.45) is 3.37. The van der Waals surface area contributed by atoms with Crippen LogP contribution in [0.3, 0.4) is 0 Å². The third-order valence-electron chi connectivity index (χ3n) is 6.04. The number of hydrogen-bond donors (Lipinski definition) is 0. The van der Waals surface area contributed by atoms with Crippen LogP contribution in [0.1, 0.15) is 11.1 Å². The highest BCUT2D eigenvalue weighted by Crippen LogP contribution is 2.29. The Morgan fingerprint density at radius 3 is 2.09 bits per heavy atom. The van der Waals surface area contributed by atoms with Crippen molar-refractivity contribution in [2.75, 3.05) is 13.2 Å². The van der Waals surface area contributed by atoms with E-state index in [2.05, 4.69) is 84.6 Å². The van der Waals surface area contributed by atoms with Crippen molar-refractivity contribution in [2.45, 2.75) is 77.7 Å². The predicted octanol–water partition coefficient (Wildman–Crippen LogP) is 6.37. The van der Waals surface area contributed by atoms with Gasteiger partial charge in [-0.3, -0.25) is 4.79 Å². The third kappa shape index (κ3) is 8.25. The van der Waals surface area contributed by atoms with Gasteiger partial charge in [0.05, 0.1) is 21.7 Å². The normalized spacial score (nSPS) is 12.5. The minimum absolute atomic E-state index is 0.111. The molecule has 0 saturated carbocycles. The predicted molar refractivity (Wildman–Crippen MR) is 154 cm³/mol. The van der Waals surface area contributed by atoms with Crippen molar-refractivity contribution in [1.29, 1.82) is 0 Å². The first-order valence-corrected chi connectivity index (χ1v) is 20.6. The van der Waals surface area contributed by atoms with Gasteiger partial charge in [0.2, 0.25) is 0 Å². The van der Waals surface area contributed by atoms with Gasteiger partial charge in [0.25, 0.3) is 5.56 Å². The summed E-state index contributed by atoms with van der Waals surface area (Å²) < 4.78 is 16.3. The maximum atomic E-state index is 13.5. The molecule has 0 aliphatic rings. The molecule has 0 aliphatic heterocycles. The van der Waals surface area contributed by atoms with Crippen LogP contribution < -0.4 is 5.56 Å². The second kappa shape index (κ2) is 12.1. The fourth-order valence-corrected chi connectivity index (χ4v) is 5.97. The number of ether oxygens (including phenoxy) is 2. The molecule has 0 unspecified atom stereocenters. The van der Waals surface area contributed by atoms with E-state index >= 15 is 0 Å². The zero-order chi connectivity index (χ0) is 25.6. The topological polar surface area (TPSA) is 58.3 Å². The molecule has 1 aromatic carbocycles. The van der Waals surface area contributed by atoms with Crippen molar-refractivity contribution < 1.29 is 9.47 Å². The Morgan fingerprint density at radius 1 is 0.886 bits per heavy atom. The summed E-state index contributed by atoms with van der Waals surface area (Å²) in [6.45, 7) is 15.9. The number of halogens is 1. The zero-order valence-electron chi connectivity index (χ0n) is 22.1. The quantitative estimate of drug-likeness (QED) is 0.175. The van der Waals surface area contributed by atoms with Gasteiger partial charge in [-0.05, 0) is 52.0 Å². The van der Waals surface area contributed by atoms with Crippen LogP contribution >= 0.6 is 15.9 Å². The number of benzene rings is 1. The Bertz CT molecular complexity index is 1170. The van der Waals surface area contributed by atoms with E-state index in [1.807, 2.05) is 10.6 Å². The van der Waals surface area contributed by atoms with Crippen molar-refractivity contribution in [3.63, 3.8) is 0 Å². The molecular weight excluding hydrogens is 538 g/mol. The van der Waals surface area contributed by atoms with E-state index in [1.54, 1.807) is 6.20 Å². The van der Waals surface area contributed by atoms with E-state index in [9.17, 15) is 4.79 Å². The number of nitrogens with zero attached hydrogens (tertiary/aromatic N) is 3. The highest BCUT2D eigenvalue weighted by atomic mass is 79.9. The number of aryl methyl sites for hydroxylation is 2. The number of hydrogen-bond acceptors (Lipinski definition) is 4. The fraction of sp³-hybridized carbons (Fsp3) is 0.538. The lowest BCUT2D eigenvalue weighted by atomic mass is 10.0. The minimum atomic E-state index is -1.19. The SMILES string of the molecule is C[Si](C)(C)CCOCn1ncc2c(c(CCc3ccccc3)c(Br)n2COCC[Si](C)(C)C)c1=O. The van der Waals surface area contributed by atoms with E-state index < -0.39 is 16.1 Å². The van der Waals surface area contributed by atoms with Crippen molar-refractivity contribution in [2.24, 2.45) is 0 Å². The second-order valence-electron chi connectivity index (χ2n) is 11.6. The van der Waals surface area contributed by atoms with Crippen molar-refractivity contribution in [1.82, 2.24) is 14.3 Å². The highest BCUT2D eigenvalue weighted by Gasteiger charge is 2.21. The van der Waals surface area contributed by atoms with Gasteiger partial charge in [-0.1, -0.05) is 69.6 Å².